The van der Waals surface area contributed by atoms with E-state index in [0.717, 1.165) is 5.92 Å². The van der Waals surface area contributed by atoms with Crippen molar-refractivity contribution in [3.8, 4) is 6.07 Å². The summed E-state index contributed by atoms with van der Waals surface area (Å²) in [7, 11) is 1.44. The number of nitriles is 1. The Balaban J connectivity index is 0.000000886. The third-order valence-corrected chi connectivity index (χ3v) is 5.55. The van der Waals surface area contributed by atoms with Gasteiger partial charge in [-0.3, -0.25) is 14.4 Å². The molecule has 0 radical (unpaired) electrons. The van der Waals surface area contributed by atoms with Crippen LogP contribution in [0.2, 0.25) is 0 Å². The normalized spacial score (nSPS) is 16.6. The van der Waals surface area contributed by atoms with E-state index in [1.54, 1.807) is 24.3 Å². The molecular formula is C27H31FN6O3. The molecule has 2 unspecified atom stereocenters. The van der Waals surface area contributed by atoms with Gasteiger partial charge in [-0.1, -0.05) is 39.0 Å². The molecular weight excluding hydrogens is 475 g/mol. The molecule has 9 nitrogen and oxygen atoms in total. The largest absolute Gasteiger partial charge is 0.334 e. The Morgan fingerprint density at radius 1 is 1.22 bits per heavy atom. The molecule has 1 aromatic heterocycles. The van der Waals surface area contributed by atoms with Gasteiger partial charge in [-0.05, 0) is 42.7 Å². The van der Waals surface area contributed by atoms with E-state index in [-0.39, 0.29) is 31.2 Å². The molecule has 2 aromatic carbocycles. The predicted molar refractivity (Wildman–Crippen MR) is 138 cm³/mol. The van der Waals surface area contributed by atoms with Gasteiger partial charge >= 0.3 is 0 Å². The summed E-state index contributed by atoms with van der Waals surface area (Å²) in [5.41, 5.74) is 1.43. The molecule has 2 N–H and O–H groups in total. The van der Waals surface area contributed by atoms with E-state index in [0.29, 0.717) is 16.7 Å². The number of benzene rings is 2. The van der Waals surface area contributed by atoms with Gasteiger partial charge in [0.25, 0.3) is 5.91 Å². The van der Waals surface area contributed by atoms with E-state index in [4.69, 9.17) is 0 Å². The maximum atomic E-state index is 13.4. The van der Waals surface area contributed by atoms with Crippen LogP contribution in [0.5, 0.6) is 0 Å². The van der Waals surface area contributed by atoms with Gasteiger partial charge < -0.3 is 20.1 Å². The van der Waals surface area contributed by atoms with Crippen molar-refractivity contribution in [3.63, 3.8) is 0 Å². The fourth-order valence-electron chi connectivity index (χ4n) is 3.82. The van der Waals surface area contributed by atoms with Crippen molar-refractivity contribution in [1.29, 1.82) is 5.26 Å². The minimum atomic E-state index is -0.762. The van der Waals surface area contributed by atoms with Crippen molar-refractivity contribution in [1.82, 2.24) is 19.8 Å². The smallest absolute Gasteiger partial charge is 0.289 e. The third kappa shape index (κ3) is 7.13. The highest BCUT2D eigenvalue weighted by Crippen LogP contribution is 2.25. The first-order valence-corrected chi connectivity index (χ1v) is 12.0. The molecule has 1 aliphatic rings. The molecule has 10 heteroatoms. The Labute approximate surface area is 215 Å². The standard InChI is InChI=1S/C23H21FN6O3.C4H10/c1-29(23(33)21-27-18-8-7-15(24)10-19(18)28-21)13-20(31)30-12-14(9-17(30)11-25)22(32)26-16-5-3-2-4-6-16;1-4(2)3/h2-8,10,14,17H,9,12-13H2,1H3,(H,26,32)(H,27,28);4H,1-3H3. The first kappa shape index (κ1) is 27.3. The van der Waals surface area contributed by atoms with E-state index in [2.05, 4.69) is 42.1 Å². The third-order valence-electron chi connectivity index (χ3n) is 5.55. The summed E-state index contributed by atoms with van der Waals surface area (Å²) in [4.78, 5) is 47.6. The molecule has 0 saturated carbocycles. The van der Waals surface area contributed by atoms with Crippen LogP contribution < -0.4 is 5.32 Å². The average molecular weight is 507 g/mol. The number of anilines is 1. The summed E-state index contributed by atoms with van der Waals surface area (Å²) in [6.45, 7) is 6.29. The minimum Gasteiger partial charge on any atom is -0.334 e. The molecule has 3 amide bonds. The van der Waals surface area contributed by atoms with E-state index in [9.17, 15) is 24.0 Å². The van der Waals surface area contributed by atoms with Gasteiger partial charge in [0.2, 0.25) is 11.8 Å². The van der Waals surface area contributed by atoms with E-state index >= 15 is 0 Å². The molecule has 1 aliphatic heterocycles. The van der Waals surface area contributed by atoms with Crippen molar-refractivity contribution in [2.45, 2.75) is 33.2 Å². The number of halogens is 1. The Morgan fingerprint density at radius 2 is 1.89 bits per heavy atom. The number of rotatable bonds is 5. The number of hydrogen-bond donors (Lipinski definition) is 2. The number of aromatic nitrogens is 2. The van der Waals surface area contributed by atoms with Crippen molar-refractivity contribution in [2.24, 2.45) is 11.8 Å². The lowest BCUT2D eigenvalue weighted by Crippen LogP contribution is -2.43. The summed E-state index contributed by atoms with van der Waals surface area (Å²) in [6.07, 6.45) is 0.216. The summed E-state index contributed by atoms with van der Waals surface area (Å²) >= 11 is 0. The van der Waals surface area contributed by atoms with Crippen molar-refractivity contribution in [3.05, 3.63) is 60.2 Å². The lowest BCUT2D eigenvalue weighted by atomic mass is 10.1. The number of fused-ring (bicyclic) bond motifs is 1. The summed E-state index contributed by atoms with van der Waals surface area (Å²) < 4.78 is 13.4. The van der Waals surface area contributed by atoms with Gasteiger partial charge in [0.15, 0.2) is 5.82 Å². The molecule has 3 aromatic rings. The first-order valence-electron chi connectivity index (χ1n) is 12.0. The Hall–Kier alpha value is -4.26. The number of H-pyrrole nitrogens is 1. The number of nitrogens with one attached hydrogen (secondary N) is 2. The van der Waals surface area contributed by atoms with Gasteiger partial charge in [0, 0.05) is 19.3 Å². The Morgan fingerprint density at radius 3 is 2.54 bits per heavy atom. The summed E-state index contributed by atoms with van der Waals surface area (Å²) in [5.74, 6) is -1.46. The van der Waals surface area contributed by atoms with E-state index < -0.39 is 29.6 Å². The number of nitrogens with zero attached hydrogens (tertiary/aromatic N) is 4. The van der Waals surface area contributed by atoms with Crippen LogP contribution in [0.1, 0.15) is 37.8 Å². The number of likely N-dealkylation sites (tertiary alicyclic amines) is 1. The van der Waals surface area contributed by atoms with E-state index in [1.165, 1.54) is 35.0 Å². The van der Waals surface area contributed by atoms with Crippen LogP contribution in [0.15, 0.2) is 48.5 Å². The fraction of sp³-hybridized carbons (Fsp3) is 0.370. The van der Waals surface area contributed by atoms with E-state index in [1.807, 2.05) is 6.07 Å². The second-order valence-corrected chi connectivity index (χ2v) is 9.62. The van der Waals surface area contributed by atoms with Crippen molar-refractivity contribution < 1.29 is 18.8 Å². The maximum Gasteiger partial charge on any atom is 0.289 e. The van der Waals surface area contributed by atoms with Gasteiger partial charge in [-0.15, -0.1) is 0 Å². The molecule has 0 bridgehead atoms. The molecule has 37 heavy (non-hydrogen) atoms. The number of para-hydroxylation sites is 1. The van der Waals surface area contributed by atoms with Gasteiger partial charge in [-0.2, -0.15) is 5.26 Å². The number of imidazole rings is 1. The second kappa shape index (κ2) is 12.1. The number of carbonyl (C=O) groups is 3. The Kier molecular flexibility index (Phi) is 8.95. The zero-order valence-corrected chi connectivity index (χ0v) is 21.4. The highest BCUT2D eigenvalue weighted by Gasteiger charge is 2.39. The monoisotopic (exact) mass is 506 g/mol. The van der Waals surface area contributed by atoms with Gasteiger partial charge in [-0.25, -0.2) is 9.37 Å². The lowest BCUT2D eigenvalue weighted by Gasteiger charge is -2.23. The maximum absolute atomic E-state index is 13.4. The highest BCUT2D eigenvalue weighted by atomic mass is 19.1. The van der Waals surface area contributed by atoms with Crippen molar-refractivity contribution in [2.75, 3.05) is 25.5 Å². The predicted octanol–water partition coefficient (Wildman–Crippen LogP) is 3.82. The van der Waals surface area contributed by atoms with Crippen LogP contribution in [0.4, 0.5) is 10.1 Å². The molecule has 2 atom stereocenters. The van der Waals surface area contributed by atoms with Crippen LogP contribution in [-0.2, 0) is 9.59 Å². The molecule has 194 valence electrons. The van der Waals surface area contributed by atoms with Gasteiger partial charge in [0.1, 0.15) is 11.9 Å². The van der Waals surface area contributed by atoms with Gasteiger partial charge in [0.05, 0.1) is 29.6 Å². The molecule has 0 spiro atoms. The zero-order valence-electron chi connectivity index (χ0n) is 21.4. The molecule has 2 heterocycles. The Bertz CT molecular complexity index is 1300. The average Bonchev–Trinajstić information content (AvgIpc) is 3.48. The molecule has 1 fully saturated rings. The van der Waals surface area contributed by atoms with Crippen molar-refractivity contribution >= 4 is 34.4 Å². The first-order chi connectivity index (χ1) is 17.6. The second-order valence-electron chi connectivity index (χ2n) is 9.62. The van der Waals surface area contributed by atoms with Crippen LogP contribution in [0, 0.1) is 29.0 Å². The SMILES string of the molecule is CC(C)C.CN(CC(=O)N1CC(C(=O)Nc2ccccc2)CC1C#N)C(=O)c1nc2ccc(F)cc2[nH]1. The number of aromatic amines is 1. The quantitative estimate of drug-likeness (QED) is 0.545. The lowest BCUT2D eigenvalue weighted by molar-refractivity contribution is -0.131. The number of carbonyl (C=O) groups excluding carboxylic acids is 3. The summed E-state index contributed by atoms with van der Waals surface area (Å²) in [5, 5.41) is 12.3. The fourth-order valence-corrected chi connectivity index (χ4v) is 3.82. The van der Waals surface area contributed by atoms with Crippen LogP contribution in [-0.4, -0.2) is 63.7 Å². The van der Waals surface area contributed by atoms with Crippen LogP contribution >= 0.6 is 0 Å². The van der Waals surface area contributed by atoms with Crippen LogP contribution in [0.25, 0.3) is 11.0 Å². The van der Waals surface area contributed by atoms with Crippen LogP contribution in [0.3, 0.4) is 0 Å². The zero-order chi connectivity index (χ0) is 27.1. The summed E-state index contributed by atoms with van der Waals surface area (Å²) in [6, 6.07) is 14.2. The number of likely N-dealkylation sites (N-methyl/N-ethyl adjacent to an activating group) is 1. The molecule has 4 rings (SSSR count). The minimum absolute atomic E-state index is 0.0238. The topological polar surface area (TPSA) is 122 Å². The highest BCUT2D eigenvalue weighted by molar-refractivity contribution is 5.97. The molecule has 1 saturated heterocycles. The molecule has 0 aliphatic carbocycles. The number of amides is 3. The number of hydrogen-bond acceptors (Lipinski definition) is 5.